The van der Waals surface area contributed by atoms with Crippen molar-refractivity contribution in [2.24, 2.45) is 0 Å². The number of benzene rings is 2. The maximum atomic E-state index is 12.3. The Kier molecular flexibility index (Phi) is 4.58. The van der Waals surface area contributed by atoms with E-state index in [1.165, 1.54) is 0 Å². The summed E-state index contributed by atoms with van der Waals surface area (Å²) in [5.74, 6) is 0. The highest BCUT2D eigenvalue weighted by Gasteiger charge is 2.13. The molecule has 0 aliphatic rings. The molecule has 104 valence electrons. The highest BCUT2D eigenvalue weighted by molar-refractivity contribution is 7.92. The van der Waals surface area contributed by atoms with Crippen molar-refractivity contribution in [2.75, 3.05) is 4.72 Å². The van der Waals surface area contributed by atoms with Crippen LogP contribution in [0.25, 0.3) is 6.08 Å². The fourth-order valence-electron chi connectivity index (χ4n) is 1.76. The average Bonchev–Trinajstić information content (AvgIpc) is 2.46. The van der Waals surface area contributed by atoms with Gasteiger partial charge in [-0.05, 0) is 36.2 Å². The van der Waals surface area contributed by atoms with Crippen LogP contribution in [0.3, 0.4) is 0 Å². The summed E-state index contributed by atoms with van der Waals surface area (Å²) in [6.45, 7) is 2.04. The van der Waals surface area contributed by atoms with Gasteiger partial charge in [0.25, 0.3) is 10.0 Å². The van der Waals surface area contributed by atoms with E-state index in [-0.39, 0.29) is 4.90 Å². The number of nitrogens with one attached hydrogen (secondary N) is 1. The molecule has 0 amide bonds. The van der Waals surface area contributed by atoms with Crippen molar-refractivity contribution >= 4 is 21.8 Å². The molecule has 0 saturated heterocycles. The number of allylic oxidation sites excluding steroid dienone is 1. The molecule has 0 heterocycles. The first kappa shape index (κ1) is 14.3. The summed E-state index contributed by atoms with van der Waals surface area (Å²) in [4.78, 5) is 0.264. The highest BCUT2D eigenvalue weighted by Crippen LogP contribution is 2.17. The topological polar surface area (TPSA) is 46.2 Å². The third-order valence-corrected chi connectivity index (χ3v) is 4.12. The molecule has 0 bridgehead atoms. The second-order valence-electron chi connectivity index (χ2n) is 4.35. The number of hydrogen-bond donors (Lipinski definition) is 1. The second-order valence-corrected chi connectivity index (χ2v) is 6.04. The van der Waals surface area contributed by atoms with Crippen LogP contribution >= 0.6 is 0 Å². The van der Waals surface area contributed by atoms with Gasteiger partial charge in [0, 0.05) is 5.69 Å². The lowest BCUT2D eigenvalue weighted by Crippen LogP contribution is -2.12. The number of hydrogen-bond acceptors (Lipinski definition) is 2. The van der Waals surface area contributed by atoms with Gasteiger partial charge in [-0.3, -0.25) is 4.72 Å². The van der Waals surface area contributed by atoms with Crippen LogP contribution in [0.4, 0.5) is 5.69 Å². The maximum Gasteiger partial charge on any atom is 0.261 e. The van der Waals surface area contributed by atoms with E-state index in [1.54, 1.807) is 42.5 Å². The molecule has 2 rings (SSSR count). The van der Waals surface area contributed by atoms with Crippen molar-refractivity contribution in [3.8, 4) is 0 Å². The first-order valence-corrected chi connectivity index (χ1v) is 7.94. The van der Waals surface area contributed by atoms with Gasteiger partial charge >= 0.3 is 0 Å². The number of sulfonamides is 1. The van der Waals surface area contributed by atoms with Crippen LogP contribution in [0.5, 0.6) is 0 Å². The molecule has 0 aromatic heterocycles. The Labute approximate surface area is 120 Å². The van der Waals surface area contributed by atoms with E-state index in [0.29, 0.717) is 5.69 Å². The number of para-hydroxylation sites is 1. The van der Waals surface area contributed by atoms with Gasteiger partial charge < -0.3 is 0 Å². The molecule has 0 atom stereocenters. The molecule has 0 spiro atoms. The standard InChI is InChI=1S/C16H17NO2S/c1-2-3-8-14-9-7-12-16(13-14)20(18,19)17-15-10-5-4-6-11-15/h3-13,17H,2H2,1H3/b8-3+. The Morgan fingerprint density at radius 3 is 2.50 bits per heavy atom. The van der Waals surface area contributed by atoms with Crippen LogP contribution in [0.1, 0.15) is 18.9 Å². The van der Waals surface area contributed by atoms with Crippen molar-refractivity contribution in [1.29, 1.82) is 0 Å². The molecule has 0 aliphatic carbocycles. The lowest BCUT2D eigenvalue weighted by molar-refractivity contribution is 0.601. The lowest BCUT2D eigenvalue weighted by Gasteiger charge is -2.08. The molecule has 0 fully saturated rings. The zero-order valence-electron chi connectivity index (χ0n) is 11.3. The van der Waals surface area contributed by atoms with Crippen LogP contribution in [0.2, 0.25) is 0 Å². The van der Waals surface area contributed by atoms with E-state index in [0.717, 1.165) is 12.0 Å². The fraction of sp³-hybridized carbons (Fsp3) is 0.125. The summed E-state index contributed by atoms with van der Waals surface area (Å²) < 4.78 is 27.2. The minimum absolute atomic E-state index is 0.264. The third kappa shape index (κ3) is 3.71. The normalized spacial score (nSPS) is 11.7. The van der Waals surface area contributed by atoms with Gasteiger partial charge in [0.15, 0.2) is 0 Å². The third-order valence-electron chi connectivity index (χ3n) is 2.74. The zero-order valence-corrected chi connectivity index (χ0v) is 12.1. The average molecular weight is 287 g/mol. The zero-order chi connectivity index (χ0) is 14.4. The van der Waals surface area contributed by atoms with E-state index in [9.17, 15) is 8.42 Å². The summed E-state index contributed by atoms with van der Waals surface area (Å²) in [5.41, 5.74) is 1.43. The molecule has 2 aromatic rings. The van der Waals surface area contributed by atoms with E-state index in [4.69, 9.17) is 0 Å². The Morgan fingerprint density at radius 2 is 1.80 bits per heavy atom. The van der Waals surface area contributed by atoms with Gasteiger partial charge in [-0.25, -0.2) is 8.42 Å². The molecule has 0 saturated carbocycles. The molecular weight excluding hydrogens is 270 g/mol. The molecule has 1 N–H and O–H groups in total. The molecule has 0 aliphatic heterocycles. The smallest absolute Gasteiger partial charge is 0.261 e. The van der Waals surface area contributed by atoms with E-state index in [1.807, 2.05) is 31.2 Å². The van der Waals surface area contributed by atoms with E-state index < -0.39 is 10.0 Å². The largest absolute Gasteiger partial charge is 0.280 e. The second kappa shape index (κ2) is 6.39. The first-order valence-electron chi connectivity index (χ1n) is 6.46. The molecule has 20 heavy (non-hydrogen) atoms. The van der Waals surface area contributed by atoms with Gasteiger partial charge in [0.2, 0.25) is 0 Å². The van der Waals surface area contributed by atoms with Crippen molar-refractivity contribution in [3.05, 3.63) is 66.2 Å². The van der Waals surface area contributed by atoms with Crippen LogP contribution in [-0.2, 0) is 10.0 Å². The molecule has 4 heteroatoms. The van der Waals surface area contributed by atoms with Gasteiger partial charge in [-0.15, -0.1) is 0 Å². The number of rotatable bonds is 5. The Bertz CT molecular complexity index is 691. The summed E-state index contributed by atoms with van der Waals surface area (Å²) in [7, 11) is -3.54. The molecule has 0 radical (unpaired) electrons. The predicted molar refractivity (Wildman–Crippen MR) is 83.0 cm³/mol. The van der Waals surface area contributed by atoms with Crippen LogP contribution < -0.4 is 4.72 Å². The van der Waals surface area contributed by atoms with Crippen molar-refractivity contribution in [2.45, 2.75) is 18.2 Å². The summed E-state index contributed by atoms with van der Waals surface area (Å²) in [6.07, 6.45) is 4.83. The van der Waals surface area contributed by atoms with E-state index >= 15 is 0 Å². The number of anilines is 1. The van der Waals surface area contributed by atoms with Crippen LogP contribution in [0, 0.1) is 0 Å². The SMILES string of the molecule is CC/C=C/c1cccc(S(=O)(=O)Nc2ccccc2)c1. The quantitative estimate of drug-likeness (QED) is 0.906. The summed E-state index contributed by atoms with van der Waals surface area (Å²) >= 11 is 0. The minimum atomic E-state index is -3.54. The van der Waals surface area contributed by atoms with Gasteiger partial charge in [0.1, 0.15) is 0 Å². The fourth-order valence-corrected chi connectivity index (χ4v) is 2.87. The lowest BCUT2D eigenvalue weighted by atomic mass is 10.2. The Hall–Kier alpha value is -2.07. The molecule has 3 nitrogen and oxygen atoms in total. The Balaban J connectivity index is 2.28. The Morgan fingerprint density at radius 1 is 1.05 bits per heavy atom. The summed E-state index contributed by atoms with van der Waals surface area (Å²) in [6, 6.07) is 15.7. The van der Waals surface area contributed by atoms with Gasteiger partial charge in [-0.2, -0.15) is 0 Å². The van der Waals surface area contributed by atoms with Gasteiger partial charge in [-0.1, -0.05) is 49.4 Å². The predicted octanol–water partition coefficient (Wildman–Crippen LogP) is 3.91. The van der Waals surface area contributed by atoms with Crippen LogP contribution in [-0.4, -0.2) is 8.42 Å². The maximum absolute atomic E-state index is 12.3. The van der Waals surface area contributed by atoms with Crippen LogP contribution in [0.15, 0.2) is 65.6 Å². The summed E-state index contributed by atoms with van der Waals surface area (Å²) in [5, 5.41) is 0. The minimum Gasteiger partial charge on any atom is -0.280 e. The van der Waals surface area contributed by atoms with Crippen molar-refractivity contribution in [3.63, 3.8) is 0 Å². The van der Waals surface area contributed by atoms with Crippen molar-refractivity contribution < 1.29 is 8.42 Å². The highest BCUT2D eigenvalue weighted by atomic mass is 32.2. The molecule has 2 aromatic carbocycles. The molecular formula is C16H17NO2S. The molecule has 0 unspecified atom stereocenters. The van der Waals surface area contributed by atoms with Gasteiger partial charge in [0.05, 0.1) is 4.90 Å². The van der Waals surface area contributed by atoms with Crippen molar-refractivity contribution in [1.82, 2.24) is 0 Å². The monoisotopic (exact) mass is 287 g/mol. The van der Waals surface area contributed by atoms with E-state index in [2.05, 4.69) is 4.72 Å². The first-order chi connectivity index (χ1) is 9.62.